The summed E-state index contributed by atoms with van der Waals surface area (Å²) in [5.41, 5.74) is 5.50. The fourth-order valence-electron chi connectivity index (χ4n) is 5.39. The first-order valence-electron chi connectivity index (χ1n) is 11.1. The average molecular weight is 393 g/mol. The molecule has 0 aliphatic carbocycles. The maximum Gasteiger partial charge on any atom is 0.139 e. The summed E-state index contributed by atoms with van der Waals surface area (Å²) in [6.07, 6.45) is 8.83. The second-order valence-electron chi connectivity index (χ2n) is 8.83. The van der Waals surface area contributed by atoms with Crippen LogP contribution in [0.1, 0.15) is 37.3 Å². The number of ether oxygens (including phenoxy) is 1. The van der Waals surface area contributed by atoms with Gasteiger partial charge in [-0.15, -0.1) is 0 Å². The summed E-state index contributed by atoms with van der Waals surface area (Å²) >= 11 is 0. The maximum atomic E-state index is 5.34. The molecular formula is C24H32N4O. The monoisotopic (exact) mass is 392 g/mol. The van der Waals surface area contributed by atoms with Gasteiger partial charge >= 0.3 is 0 Å². The standard InChI is InChI=1S/C24H32N4O/c1-18-4-3-9-28(18)22-8-11-27(17-22)21-6-5-20-16-26(10-7-19(20)12-21)23-13-24(29-2)15-25-14-23/h5-6,12-15,18,22H,3-4,7-11,16-17H2,1-2H3/t18-,22-/m0/s1. The van der Waals surface area contributed by atoms with Gasteiger partial charge in [0.05, 0.1) is 25.2 Å². The quantitative estimate of drug-likeness (QED) is 0.792. The number of fused-ring (bicyclic) bond motifs is 1. The molecule has 5 rings (SSSR count). The zero-order valence-corrected chi connectivity index (χ0v) is 17.7. The van der Waals surface area contributed by atoms with E-state index in [-0.39, 0.29) is 0 Å². The lowest BCUT2D eigenvalue weighted by Gasteiger charge is -2.32. The third-order valence-electron chi connectivity index (χ3n) is 7.10. The number of hydrogen-bond donors (Lipinski definition) is 0. The minimum absolute atomic E-state index is 0.736. The molecule has 2 saturated heterocycles. The molecule has 0 saturated carbocycles. The number of anilines is 2. The van der Waals surface area contributed by atoms with E-state index in [0.717, 1.165) is 43.0 Å². The molecule has 2 aromatic rings. The Morgan fingerprint density at radius 2 is 1.90 bits per heavy atom. The van der Waals surface area contributed by atoms with Gasteiger partial charge in [0.2, 0.25) is 0 Å². The van der Waals surface area contributed by atoms with Crippen LogP contribution in [0.5, 0.6) is 5.75 Å². The molecule has 4 heterocycles. The zero-order valence-electron chi connectivity index (χ0n) is 17.7. The highest BCUT2D eigenvalue weighted by Crippen LogP contribution is 2.32. The van der Waals surface area contributed by atoms with Crippen molar-refractivity contribution in [2.24, 2.45) is 0 Å². The molecule has 5 heteroatoms. The van der Waals surface area contributed by atoms with Crippen LogP contribution >= 0.6 is 0 Å². The van der Waals surface area contributed by atoms with Crippen LogP contribution in [-0.2, 0) is 13.0 Å². The van der Waals surface area contributed by atoms with E-state index in [1.54, 1.807) is 13.3 Å². The number of hydrogen-bond acceptors (Lipinski definition) is 5. The Kier molecular flexibility index (Phi) is 5.08. The molecule has 3 aliphatic heterocycles. The van der Waals surface area contributed by atoms with Crippen LogP contribution in [0.3, 0.4) is 0 Å². The number of benzene rings is 1. The summed E-state index contributed by atoms with van der Waals surface area (Å²) in [6, 6.07) is 10.7. The van der Waals surface area contributed by atoms with Crippen molar-refractivity contribution in [2.45, 2.75) is 51.2 Å². The van der Waals surface area contributed by atoms with Gasteiger partial charge in [-0.1, -0.05) is 6.07 Å². The third kappa shape index (κ3) is 3.68. The van der Waals surface area contributed by atoms with E-state index in [1.807, 2.05) is 6.20 Å². The highest BCUT2D eigenvalue weighted by Gasteiger charge is 2.33. The van der Waals surface area contributed by atoms with E-state index < -0.39 is 0 Å². The summed E-state index contributed by atoms with van der Waals surface area (Å²) in [5, 5.41) is 0. The number of aromatic nitrogens is 1. The van der Waals surface area contributed by atoms with Gasteiger partial charge in [-0.05, 0) is 62.4 Å². The molecule has 2 fully saturated rings. The van der Waals surface area contributed by atoms with Crippen LogP contribution in [0.25, 0.3) is 0 Å². The fraction of sp³-hybridized carbons (Fsp3) is 0.542. The van der Waals surface area contributed by atoms with Crippen molar-refractivity contribution in [2.75, 3.05) is 43.1 Å². The first-order chi connectivity index (χ1) is 14.2. The molecule has 0 unspecified atom stereocenters. The zero-order chi connectivity index (χ0) is 19.8. The van der Waals surface area contributed by atoms with E-state index in [1.165, 1.54) is 55.7 Å². The molecular weight excluding hydrogens is 360 g/mol. The van der Waals surface area contributed by atoms with E-state index in [9.17, 15) is 0 Å². The molecule has 0 amide bonds. The summed E-state index contributed by atoms with van der Waals surface area (Å²) in [5.74, 6) is 0.819. The van der Waals surface area contributed by atoms with Gasteiger partial charge in [-0.3, -0.25) is 9.88 Å². The highest BCUT2D eigenvalue weighted by molar-refractivity contribution is 5.56. The molecule has 154 valence electrons. The second kappa shape index (κ2) is 7.86. The van der Waals surface area contributed by atoms with Gasteiger partial charge in [-0.25, -0.2) is 0 Å². The lowest BCUT2D eigenvalue weighted by Crippen LogP contribution is -2.39. The van der Waals surface area contributed by atoms with Gasteiger partial charge in [0.1, 0.15) is 5.75 Å². The second-order valence-corrected chi connectivity index (χ2v) is 8.83. The fourth-order valence-corrected chi connectivity index (χ4v) is 5.39. The van der Waals surface area contributed by atoms with Crippen LogP contribution in [0.4, 0.5) is 11.4 Å². The van der Waals surface area contributed by atoms with Crippen molar-refractivity contribution in [3.63, 3.8) is 0 Å². The van der Waals surface area contributed by atoms with Crippen LogP contribution < -0.4 is 14.5 Å². The van der Waals surface area contributed by atoms with Crippen molar-refractivity contribution in [1.82, 2.24) is 9.88 Å². The number of rotatable bonds is 4. The molecule has 1 aromatic carbocycles. The van der Waals surface area contributed by atoms with Gasteiger partial charge in [0.15, 0.2) is 0 Å². The Hall–Kier alpha value is -2.27. The van der Waals surface area contributed by atoms with E-state index >= 15 is 0 Å². The minimum Gasteiger partial charge on any atom is -0.495 e. The summed E-state index contributed by atoms with van der Waals surface area (Å²) < 4.78 is 5.34. The molecule has 0 bridgehead atoms. The number of likely N-dealkylation sites (tertiary alicyclic amines) is 1. The normalized spacial score (nSPS) is 24.8. The minimum atomic E-state index is 0.736. The Balaban J connectivity index is 1.28. The van der Waals surface area contributed by atoms with Crippen LogP contribution in [0, 0.1) is 0 Å². The molecule has 1 aromatic heterocycles. The largest absolute Gasteiger partial charge is 0.495 e. The van der Waals surface area contributed by atoms with Gasteiger partial charge in [-0.2, -0.15) is 0 Å². The van der Waals surface area contributed by atoms with Gasteiger partial charge in [0.25, 0.3) is 0 Å². The molecule has 5 nitrogen and oxygen atoms in total. The first-order valence-corrected chi connectivity index (χ1v) is 11.1. The molecule has 29 heavy (non-hydrogen) atoms. The predicted octanol–water partition coefficient (Wildman–Crippen LogP) is 3.72. The average Bonchev–Trinajstić information content (AvgIpc) is 3.42. The van der Waals surface area contributed by atoms with Crippen molar-refractivity contribution in [3.8, 4) is 5.75 Å². The predicted molar refractivity (Wildman–Crippen MR) is 118 cm³/mol. The molecule has 0 radical (unpaired) electrons. The highest BCUT2D eigenvalue weighted by atomic mass is 16.5. The smallest absolute Gasteiger partial charge is 0.139 e. The Bertz CT molecular complexity index is 870. The Morgan fingerprint density at radius 3 is 2.72 bits per heavy atom. The van der Waals surface area contributed by atoms with Crippen LogP contribution in [-0.4, -0.2) is 55.3 Å². The Morgan fingerprint density at radius 1 is 0.966 bits per heavy atom. The van der Waals surface area contributed by atoms with Crippen molar-refractivity contribution < 1.29 is 4.74 Å². The SMILES string of the molecule is COc1cncc(N2CCc3cc(N4CC[C@H](N5CCC[C@@H]5C)C4)ccc3C2)c1. The van der Waals surface area contributed by atoms with Gasteiger partial charge < -0.3 is 14.5 Å². The number of nitrogens with zero attached hydrogens (tertiary/aromatic N) is 4. The first kappa shape index (κ1) is 18.7. The lowest BCUT2D eigenvalue weighted by molar-refractivity contribution is 0.204. The van der Waals surface area contributed by atoms with E-state index in [2.05, 4.69) is 50.9 Å². The van der Waals surface area contributed by atoms with E-state index in [4.69, 9.17) is 4.74 Å². The number of methoxy groups -OCH3 is 1. The van der Waals surface area contributed by atoms with Crippen molar-refractivity contribution in [1.29, 1.82) is 0 Å². The summed E-state index contributed by atoms with van der Waals surface area (Å²) in [4.78, 5) is 12.1. The number of pyridine rings is 1. The summed E-state index contributed by atoms with van der Waals surface area (Å²) in [7, 11) is 1.70. The Labute approximate surface area is 174 Å². The summed E-state index contributed by atoms with van der Waals surface area (Å²) in [6.45, 7) is 8.04. The molecule has 0 spiro atoms. The third-order valence-corrected chi connectivity index (χ3v) is 7.10. The van der Waals surface area contributed by atoms with Crippen molar-refractivity contribution >= 4 is 11.4 Å². The topological polar surface area (TPSA) is 31.8 Å². The lowest BCUT2D eigenvalue weighted by atomic mass is 9.98. The van der Waals surface area contributed by atoms with Crippen LogP contribution in [0.15, 0.2) is 36.7 Å². The van der Waals surface area contributed by atoms with Crippen LogP contribution in [0.2, 0.25) is 0 Å². The molecule has 3 aliphatic rings. The maximum absolute atomic E-state index is 5.34. The van der Waals surface area contributed by atoms with E-state index in [0.29, 0.717) is 0 Å². The molecule has 2 atom stereocenters. The van der Waals surface area contributed by atoms with Crippen molar-refractivity contribution in [3.05, 3.63) is 47.8 Å². The molecule has 0 N–H and O–H groups in total. The van der Waals surface area contributed by atoms with Gasteiger partial charge in [0, 0.05) is 50.0 Å².